The molecule has 7 nitrogen and oxygen atoms in total. The molecule has 0 radical (unpaired) electrons. The third kappa shape index (κ3) is 8.60. The molecule has 0 saturated carbocycles. The van der Waals surface area contributed by atoms with Crippen LogP contribution in [0.5, 0.6) is 0 Å². The molecule has 0 aliphatic carbocycles. The fourth-order valence-electron chi connectivity index (χ4n) is 5.25. The van der Waals surface area contributed by atoms with E-state index in [1.807, 2.05) is 87.5 Å². The van der Waals surface area contributed by atoms with Crippen LogP contribution in [-0.2, 0) is 32.6 Å². The van der Waals surface area contributed by atoms with Crippen LogP contribution in [0.15, 0.2) is 108 Å². The van der Waals surface area contributed by atoms with Gasteiger partial charge in [-0.1, -0.05) is 98.3 Å². The lowest BCUT2D eigenvalue weighted by molar-refractivity contribution is -0.140. The molecule has 1 unspecified atom stereocenters. The zero-order chi connectivity index (χ0) is 32.4. The number of rotatable bonds is 14. The zero-order valence-corrected chi connectivity index (χ0v) is 27.4. The van der Waals surface area contributed by atoms with Crippen LogP contribution in [0, 0.1) is 20.8 Å². The highest BCUT2D eigenvalue weighted by Crippen LogP contribution is 2.29. The second-order valence-electron chi connectivity index (χ2n) is 11.4. The van der Waals surface area contributed by atoms with Crippen molar-refractivity contribution in [3.8, 4) is 0 Å². The zero-order valence-electron chi connectivity index (χ0n) is 26.6. The van der Waals surface area contributed by atoms with Crippen molar-refractivity contribution in [3.63, 3.8) is 0 Å². The molecule has 0 aliphatic rings. The molecule has 4 aromatic rings. The highest BCUT2D eigenvalue weighted by Gasteiger charge is 2.35. The minimum absolute atomic E-state index is 0.0855. The number of carbonyl (C=O) groups is 2. The highest BCUT2D eigenvalue weighted by atomic mass is 32.2. The van der Waals surface area contributed by atoms with Gasteiger partial charge in [0, 0.05) is 19.5 Å². The molecule has 4 rings (SSSR count). The second kappa shape index (κ2) is 15.5. The lowest BCUT2D eigenvalue weighted by Crippen LogP contribution is -2.53. The van der Waals surface area contributed by atoms with Gasteiger partial charge in [0.05, 0.1) is 10.6 Å². The van der Waals surface area contributed by atoms with E-state index in [1.165, 1.54) is 16.4 Å². The number of nitrogens with one attached hydrogen (secondary N) is 1. The highest BCUT2D eigenvalue weighted by molar-refractivity contribution is 7.92. The lowest BCUT2D eigenvalue weighted by atomic mass is 10.0. The molecule has 1 atom stereocenters. The van der Waals surface area contributed by atoms with Crippen LogP contribution < -0.4 is 9.62 Å². The summed E-state index contributed by atoms with van der Waals surface area (Å²) in [5.41, 5.74) is 4.77. The maximum atomic E-state index is 14.6. The van der Waals surface area contributed by atoms with Crippen molar-refractivity contribution >= 4 is 27.5 Å². The third-order valence-electron chi connectivity index (χ3n) is 7.95. The monoisotopic (exact) mass is 625 g/mol. The Bertz CT molecular complexity index is 1690. The van der Waals surface area contributed by atoms with Crippen molar-refractivity contribution in [1.29, 1.82) is 0 Å². The number of carbonyl (C=O) groups excluding carboxylic acids is 2. The summed E-state index contributed by atoms with van der Waals surface area (Å²) in [6, 6.07) is 30.2. The van der Waals surface area contributed by atoms with Crippen LogP contribution in [0.4, 0.5) is 5.69 Å². The summed E-state index contributed by atoms with van der Waals surface area (Å²) in [5.74, 6) is -0.733. The van der Waals surface area contributed by atoms with Crippen molar-refractivity contribution in [2.24, 2.45) is 0 Å². The maximum absolute atomic E-state index is 14.6. The number of hydrogen-bond acceptors (Lipinski definition) is 4. The summed E-state index contributed by atoms with van der Waals surface area (Å²) in [5, 5.41) is 3.03. The van der Waals surface area contributed by atoms with Gasteiger partial charge in [0.15, 0.2) is 0 Å². The fraction of sp³-hybridized carbons (Fsp3) is 0.297. The smallest absolute Gasteiger partial charge is 0.264 e. The van der Waals surface area contributed by atoms with E-state index in [2.05, 4.69) is 12.2 Å². The van der Waals surface area contributed by atoms with Gasteiger partial charge in [0.25, 0.3) is 10.0 Å². The number of aryl methyl sites for hydroxylation is 3. The molecular weight excluding hydrogens is 582 g/mol. The molecule has 0 aromatic heterocycles. The Labute approximate surface area is 268 Å². The predicted octanol–water partition coefficient (Wildman–Crippen LogP) is 6.36. The number of benzene rings is 4. The molecular formula is C37H43N3O4S. The third-order valence-corrected chi connectivity index (χ3v) is 9.72. The van der Waals surface area contributed by atoms with Crippen molar-refractivity contribution in [2.45, 2.75) is 64.4 Å². The summed E-state index contributed by atoms with van der Waals surface area (Å²) in [6.07, 6.45) is 2.01. The predicted molar refractivity (Wildman–Crippen MR) is 180 cm³/mol. The van der Waals surface area contributed by atoms with E-state index in [1.54, 1.807) is 29.2 Å². The number of nitrogens with zero attached hydrogens (tertiary/aromatic N) is 2. The van der Waals surface area contributed by atoms with Gasteiger partial charge < -0.3 is 10.2 Å². The molecule has 8 heteroatoms. The molecule has 45 heavy (non-hydrogen) atoms. The molecule has 4 aromatic carbocycles. The summed E-state index contributed by atoms with van der Waals surface area (Å²) >= 11 is 0. The maximum Gasteiger partial charge on any atom is 0.264 e. The Kier molecular flexibility index (Phi) is 11.5. The Balaban J connectivity index is 1.82. The Hall–Kier alpha value is -4.43. The van der Waals surface area contributed by atoms with Gasteiger partial charge in [-0.25, -0.2) is 8.42 Å². The van der Waals surface area contributed by atoms with E-state index in [0.717, 1.165) is 40.7 Å². The van der Waals surface area contributed by atoms with E-state index < -0.39 is 28.5 Å². The van der Waals surface area contributed by atoms with Gasteiger partial charge in [-0.3, -0.25) is 13.9 Å². The van der Waals surface area contributed by atoms with Crippen LogP contribution >= 0.6 is 0 Å². The molecule has 0 aliphatic heterocycles. The quantitative estimate of drug-likeness (QED) is 0.165. The number of amides is 2. The normalized spacial score (nSPS) is 11.9. The minimum atomic E-state index is -4.14. The van der Waals surface area contributed by atoms with Crippen molar-refractivity contribution in [2.75, 3.05) is 17.4 Å². The van der Waals surface area contributed by atoms with E-state index in [0.29, 0.717) is 12.2 Å². The number of anilines is 1. The largest absolute Gasteiger partial charge is 0.354 e. The summed E-state index contributed by atoms with van der Waals surface area (Å²) in [6.45, 7) is 7.90. The van der Waals surface area contributed by atoms with Crippen LogP contribution in [0.25, 0.3) is 0 Å². The summed E-state index contributed by atoms with van der Waals surface area (Å²) in [7, 11) is -4.14. The molecule has 0 heterocycles. The van der Waals surface area contributed by atoms with Gasteiger partial charge in [0.2, 0.25) is 11.8 Å². The average molecular weight is 626 g/mol. The van der Waals surface area contributed by atoms with Crippen molar-refractivity contribution in [3.05, 3.63) is 131 Å². The van der Waals surface area contributed by atoms with Crippen LogP contribution in [0.2, 0.25) is 0 Å². The number of hydrogen-bond donors (Lipinski definition) is 1. The van der Waals surface area contributed by atoms with Crippen LogP contribution in [-0.4, -0.2) is 44.3 Å². The molecule has 0 spiro atoms. The second-order valence-corrected chi connectivity index (χ2v) is 13.3. The minimum Gasteiger partial charge on any atom is -0.354 e. The molecule has 1 N–H and O–H groups in total. The first kappa shape index (κ1) is 33.5. The van der Waals surface area contributed by atoms with Crippen molar-refractivity contribution < 1.29 is 18.0 Å². The van der Waals surface area contributed by atoms with Crippen LogP contribution in [0.3, 0.4) is 0 Å². The standard InChI is InChI=1S/C37H43N3O4S/c1-5-6-23-38-37(42)35(25-31-16-9-7-10-17-31)39(26-32-18-14-13-15-29(32)3)36(41)27-40(34-24-28(2)21-22-30(34)4)45(43,44)33-19-11-8-12-20-33/h7-22,24,35H,5-6,23,25-27H2,1-4H3,(H,38,42). The Morgan fingerprint density at radius 1 is 0.800 bits per heavy atom. The SMILES string of the molecule is CCCCNC(=O)C(Cc1ccccc1)N(Cc1ccccc1C)C(=O)CN(c1cc(C)ccc1C)S(=O)(=O)c1ccccc1. The molecule has 0 fully saturated rings. The van der Waals surface area contributed by atoms with Crippen LogP contribution in [0.1, 0.15) is 47.6 Å². The first-order chi connectivity index (χ1) is 21.6. The number of sulfonamides is 1. The first-order valence-electron chi connectivity index (χ1n) is 15.4. The van der Waals surface area contributed by atoms with Gasteiger partial charge in [-0.2, -0.15) is 0 Å². The fourth-order valence-corrected chi connectivity index (χ4v) is 6.74. The van der Waals surface area contributed by atoms with E-state index in [4.69, 9.17) is 0 Å². The van der Waals surface area contributed by atoms with Gasteiger partial charge in [-0.05, 0) is 73.2 Å². The Morgan fingerprint density at radius 3 is 2.11 bits per heavy atom. The molecule has 0 bridgehead atoms. The Morgan fingerprint density at radius 2 is 1.44 bits per heavy atom. The molecule has 0 saturated heterocycles. The van der Waals surface area contributed by atoms with Gasteiger partial charge >= 0.3 is 0 Å². The van der Waals surface area contributed by atoms with Gasteiger partial charge in [0.1, 0.15) is 12.6 Å². The molecule has 2 amide bonds. The van der Waals surface area contributed by atoms with Gasteiger partial charge in [-0.15, -0.1) is 0 Å². The summed E-state index contributed by atoms with van der Waals surface area (Å²) in [4.78, 5) is 30.1. The lowest BCUT2D eigenvalue weighted by Gasteiger charge is -2.34. The average Bonchev–Trinajstić information content (AvgIpc) is 3.04. The van der Waals surface area contributed by atoms with Crippen molar-refractivity contribution in [1.82, 2.24) is 10.2 Å². The van der Waals surface area contributed by atoms with E-state index >= 15 is 0 Å². The number of unbranched alkanes of at least 4 members (excludes halogenated alkanes) is 1. The van der Waals surface area contributed by atoms with E-state index in [9.17, 15) is 18.0 Å². The summed E-state index contributed by atoms with van der Waals surface area (Å²) < 4.78 is 29.6. The first-order valence-corrected chi connectivity index (χ1v) is 16.9. The van der Waals surface area contributed by atoms with E-state index in [-0.39, 0.29) is 23.8 Å². The topological polar surface area (TPSA) is 86.8 Å². The molecule has 236 valence electrons.